The first-order valence-corrected chi connectivity index (χ1v) is 29.3. The number of rotatable bonds is 50. The topological polar surface area (TPSA) is 78.9 Å². The Balaban J connectivity index is 4.59. The summed E-state index contributed by atoms with van der Waals surface area (Å²) in [5.74, 6) is -1.05. The van der Waals surface area contributed by atoms with Crippen molar-refractivity contribution in [1.82, 2.24) is 0 Å². The van der Waals surface area contributed by atoms with Crippen LogP contribution in [-0.4, -0.2) is 37.2 Å². The van der Waals surface area contributed by atoms with Crippen LogP contribution in [0, 0.1) is 0 Å². The SMILES string of the molecule is CC/C=C\C/C=C\C/C=C\C/C=C\C/C=C\C/C=C\CCCCCCC(=O)OCC(COC(=O)CCCCCC/C=C\C/C=C\C/C=C\C/C=C\CC)OC(=O)CCC/C=C\C/C=C\C/C=C\C/C=C\C/C=C\CC. The molecular weight excluding hydrogens is 925 g/mol. The van der Waals surface area contributed by atoms with E-state index < -0.39 is 6.10 Å². The summed E-state index contributed by atoms with van der Waals surface area (Å²) in [4.78, 5) is 38.2. The zero-order valence-corrected chi connectivity index (χ0v) is 47.5. The van der Waals surface area contributed by atoms with Crippen molar-refractivity contribution in [3.05, 3.63) is 182 Å². The number of carbonyl (C=O) groups excluding carboxylic acids is 3. The average molecular weight is 1030 g/mol. The molecule has 0 spiro atoms. The van der Waals surface area contributed by atoms with Gasteiger partial charge in [-0.2, -0.15) is 0 Å². The van der Waals surface area contributed by atoms with Crippen LogP contribution >= 0.6 is 0 Å². The minimum Gasteiger partial charge on any atom is -0.462 e. The van der Waals surface area contributed by atoms with Gasteiger partial charge in [0.25, 0.3) is 0 Å². The first-order valence-electron chi connectivity index (χ1n) is 29.3. The van der Waals surface area contributed by atoms with E-state index in [0.717, 1.165) is 167 Å². The molecular formula is C69H104O6. The van der Waals surface area contributed by atoms with Gasteiger partial charge in [0.2, 0.25) is 0 Å². The summed E-state index contributed by atoms with van der Waals surface area (Å²) in [5.41, 5.74) is 0. The Morgan fingerprint density at radius 2 is 0.493 bits per heavy atom. The molecule has 0 aliphatic rings. The lowest BCUT2D eigenvalue weighted by molar-refractivity contribution is -0.167. The van der Waals surface area contributed by atoms with Crippen LogP contribution in [0.3, 0.4) is 0 Å². The molecule has 0 radical (unpaired) electrons. The second-order valence-electron chi connectivity index (χ2n) is 18.4. The predicted octanol–water partition coefficient (Wildman–Crippen LogP) is 20.1. The van der Waals surface area contributed by atoms with E-state index in [-0.39, 0.29) is 37.5 Å². The van der Waals surface area contributed by atoms with Gasteiger partial charge < -0.3 is 14.2 Å². The number of ether oxygens (including phenoxy) is 3. The number of hydrogen-bond donors (Lipinski definition) is 0. The lowest BCUT2D eigenvalue weighted by Gasteiger charge is -2.18. The smallest absolute Gasteiger partial charge is 0.306 e. The molecule has 6 nitrogen and oxygen atoms in total. The van der Waals surface area contributed by atoms with Crippen LogP contribution in [0.4, 0.5) is 0 Å². The van der Waals surface area contributed by atoms with E-state index in [9.17, 15) is 14.4 Å². The summed E-state index contributed by atoms with van der Waals surface area (Å²) in [7, 11) is 0. The van der Waals surface area contributed by atoms with Gasteiger partial charge in [0.05, 0.1) is 0 Å². The minimum atomic E-state index is -0.841. The van der Waals surface area contributed by atoms with Gasteiger partial charge in [-0.3, -0.25) is 14.4 Å². The molecule has 75 heavy (non-hydrogen) atoms. The van der Waals surface area contributed by atoms with Crippen LogP contribution < -0.4 is 0 Å². The molecule has 0 aromatic heterocycles. The number of carbonyl (C=O) groups is 3. The molecule has 0 aliphatic heterocycles. The molecule has 0 saturated carbocycles. The molecule has 416 valence electrons. The maximum Gasteiger partial charge on any atom is 0.306 e. The van der Waals surface area contributed by atoms with E-state index in [4.69, 9.17) is 14.2 Å². The molecule has 0 fully saturated rings. The number of unbranched alkanes of at least 4 members (excludes halogenated alkanes) is 9. The Hall–Kier alpha value is -5.49. The van der Waals surface area contributed by atoms with Gasteiger partial charge in [-0.25, -0.2) is 0 Å². The van der Waals surface area contributed by atoms with E-state index in [1.807, 2.05) is 0 Å². The van der Waals surface area contributed by atoms with E-state index >= 15 is 0 Å². The van der Waals surface area contributed by atoms with Gasteiger partial charge in [0, 0.05) is 19.3 Å². The number of esters is 3. The Morgan fingerprint density at radius 3 is 0.773 bits per heavy atom. The Morgan fingerprint density at radius 1 is 0.267 bits per heavy atom. The van der Waals surface area contributed by atoms with E-state index in [1.54, 1.807) is 0 Å². The number of hydrogen-bond acceptors (Lipinski definition) is 6. The van der Waals surface area contributed by atoms with E-state index in [0.29, 0.717) is 19.3 Å². The van der Waals surface area contributed by atoms with Crippen LogP contribution in [-0.2, 0) is 28.6 Å². The standard InChI is InChI=1S/C69H104O6/c1-4-7-10-13-16-19-22-25-28-31-32-33-34-35-36-39-41-44-47-50-53-56-59-62-68(71)74-65-66(75-69(72)63-60-57-54-51-48-45-42-38-30-27-24-21-18-15-12-9-6-3)64-73-67(70)61-58-55-52-49-46-43-40-37-29-26-23-20-17-14-11-8-5-2/h7-12,16-21,25-30,32-33,35-36,40-45,51,54,66H,4-6,13-15,22-24,31,34,37-39,46-50,52-53,55-65H2,1-3H3/b10-7-,11-8-,12-9-,19-16-,20-17-,21-18-,28-25-,29-26-,30-27-,33-32-,36-35-,43-40-,44-41-,45-42-,54-51-. The highest BCUT2D eigenvalue weighted by molar-refractivity contribution is 5.71. The van der Waals surface area contributed by atoms with Crippen LogP contribution in [0.25, 0.3) is 0 Å². The van der Waals surface area contributed by atoms with E-state index in [2.05, 4.69) is 203 Å². The fourth-order valence-corrected chi connectivity index (χ4v) is 7.12. The zero-order chi connectivity index (χ0) is 54.3. The van der Waals surface area contributed by atoms with Crippen molar-refractivity contribution in [3.8, 4) is 0 Å². The molecule has 0 saturated heterocycles. The summed E-state index contributed by atoms with van der Waals surface area (Å²) < 4.78 is 16.8. The quantitative estimate of drug-likeness (QED) is 0.0261. The maximum atomic E-state index is 12.9. The second kappa shape index (κ2) is 61.1. The fourth-order valence-electron chi connectivity index (χ4n) is 7.12. The summed E-state index contributed by atoms with van der Waals surface area (Å²) in [6.45, 7) is 6.18. The maximum absolute atomic E-state index is 12.9. The summed E-state index contributed by atoms with van der Waals surface area (Å²) in [6, 6.07) is 0. The molecule has 0 heterocycles. The Labute approximate surface area is 459 Å². The highest BCUT2D eigenvalue weighted by atomic mass is 16.6. The van der Waals surface area contributed by atoms with Crippen LogP contribution in [0.2, 0.25) is 0 Å². The summed E-state index contributed by atoms with van der Waals surface area (Å²) >= 11 is 0. The van der Waals surface area contributed by atoms with Crippen molar-refractivity contribution in [2.24, 2.45) is 0 Å². The third kappa shape index (κ3) is 59.3. The van der Waals surface area contributed by atoms with Crippen molar-refractivity contribution in [3.63, 3.8) is 0 Å². The van der Waals surface area contributed by atoms with Crippen molar-refractivity contribution in [1.29, 1.82) is 0 Å². The van der Waals surface area contributed by atoms with Crippen molar-refractivity contribution in [2.75, 3.05) is 13.2 Å². The van der Waals surface area contributed by atoms with Crippen molar-refractivity contribution < 1.29 is 28.6 Å². The highest BCUT2D eigenvalue weighted by Crippen LogP contribution is 2.11. The summed E-state index contributed by atoms with van der Waals surface area (Å²) in [6.07, 6.45) is 91.7. The first kappa shape index (κ1) is 69.5. The molecule has 0 aromatic carbocycles. The zero-order valence-electron chi connectivity index (χ0n) is 47.5. The minimum absolute atomic E-state index is 0.132. The van der Waals surface area contributed by atoms with Gasteiger partial charge in [0.1, 0.15) is 13.2 Å². The first-order chi connectivity index (χ1) is 37.0. The van der Waals surface area contributed by atoms with Crippen LogP contribution in [0.15, 0.2) is 182 Å². The van der Waals surface area contributed by atoms with Crippen molar-refractivity contribution in [2.45, 2.75) is 219 Å². The molecule has 0 amide bonds. The van der Waals surface area contributed by atoms with Gasteiger partial charge in [-0.05, 0) is 148 Å². The molecule has 0 aromatic rings. The lowest BCUT2D eigenvalue weighted by Crippen LogP contribution is -2.30. The van der Waals surface area contributed by atoms with Gasteiger partial charge in [-0.1, -0.05) is 229 Å². The van der Waals surface area contributed by atoms with Crippen LogP contribution in [0.5, 0.6) is 0 Å². The fraction of sp³-hybridized carbons (Fsp3) is 0.522. The molecule has 0 aliphatic carbocycles. The number of allylic oxidation sites excluding steroid dienone is 30. The van der Waals surface area contributed by atoms with Gasteiger partial charge >= 0.3 is 17.9 Å². The molecule has 0 rings (SSSR count). The molecule has 0 bridgehead atoms. The van der Waals surface area contributed by atoms with Crippen molar-refractivity contribution >= 4 is 17.9 Å². The lowest BCUT2D eigenvalue weighted by atomic mass is 10.1. The van der Waals surface area contributed by atoms with Gasteiger partial charge in [0.15, 0.2) is 6.10 Å². The molecule has 1 atom stereocenters. The third-order valence-electron chi connectivity index (χ3n) is 11.4. The Kier molecular flexibility index (Phi) is 56.6. The average Bonchev–Trinajstić information content (AvgIpc) is 3.41. The van der Waals surface area contributed by atoms with E-state index in [1.165, 1.54) is 0 Å². The second-order valence-corrected chi connectivity index (χ2v) is 18.4. The molecule has 1 unspecified atom stereocenters. The van der Waals surface area contributed by atoms with Gasteiger partial charge in [-0.15, -0.1) is 0 Å². The normalized spacial score (nSPS) is 13.5. The molecule has 0 N–H and O–H groups in total. The Bertz CT molecular complexity index is 1800. The largest absolute Gasteiger partial charge is 0.462 e. The highest BCUT2D eigenvalue weighted by Gasteiger charge is 2.19. The van der Waals surface area contributed by atoms with Crippen LogP contribution in [0.1, 0.15) is 213 Å². The monoisotopic (exact) mass is 1030 g/mol. The predicted molar refractivity (Wildman–Crippen MR) is 324 cm³/mol. The molecule has 6 heteroatoms. The third-order valence-corrected chi connectivity index (χ3v) is 11.4. The summed E-state index contributed by atoms with van der Waals surface area (Å²) in [5, 5.41) is 0.